The normalized spacial score (nSPS) is 16.0. The lowest BCUT2D eigenvalue weighted by atomic mass is 9.99. The standard InChI is InChI=1S/C24H31N5O2/c1-15(2)31-24(30)20-13-21-19(18-5-6-22(25)27-14-18)7-10-29(21)23(16(20)3)17(4)28-11-8-26-9-12-28/h5-7,10,13-15,17,26H,8-9,11-12H2,1-4H3,(H2,25,27). The molecular weight excluding hydrogens is 390 g/mol. The van der Waals surface area contributed by atoms with E-state index in [1.807, 2.05) is 32.9 Å². The number of piperazine rings is 1. The summed E-state index contributed by atoms with van der Waals surface area (Å²) in [5, 5.41) is 3.41. The van der Waals surface area contributed by atoms with Gasteiger partial charge < -0.3 is 20.2 Å². The largest absolute Gasteiger partial charge is 0.459 e. The van der Waals surface area contributed by atoms with E-state index in [9.17, 15) is 4.79 Å². The first-order chi connectivity index (χ1) is 14.9. The van der Waals surface area contributed by atoms with Crippen LogP contribution in [0.5, 0.6) is 0 Å². The van der Waals surface area contributed by atoms with Crippen LogP contribution in [0, 0.1) is 6.92 Å². The summed E-state index contributed by atoms with van der Waals surface area (Å²) in [7, 11) is 0. The predicted molar refractivity (Wildman–Crippen MR) is 123 cm³/mol. The number of fused-ring (bicyclic) bond motifs is 1. The zero-order chi connectivity index (χ0) is 22.1. The average Bonchev–Trinajstić information content (AvgIpc) is 3.17. The van der Waals surface area contributed by atoms with Crippen LogP contribution < -0.4 is 11.1 Å². The van der Waals surface area contributed by atoms with Gasteiger partial charge in [-0.15, -0.1) is 0 Å². The fourth-order valence-electron chi connectivity index (χ4n) is 4.42. The van der Waals surface area contributed by atoms with Gasteiger partial charge in [0, 0.05) is 61.4 Å². The van der Waals surface area contributed by atoms with E-state index in [-0.39, 0.29) is 18.1 Å². The monoisotopic (exact) mass is 421 g/mol. The van der Waals surface area contributed by atoms with Crippen molar-refractivity contribution in [3.05, 3.63) is 53.5 Å². The Balaban J connectivity index is 1.90. The highest BCUT2D eigenvalue weighted by Crippen LogP contribution is 2.34. The number of carbonyl (C=O) groups is 1. The van der Waals surface area contributed by atoms with Crippen molar-refractivity contribution in [2.75, 3.05) is 31.9 Å². The lowest BCUT2D eigenvalue weighted by Crippen LogP contribution is -2.45. The molecule has 1 fully saturated rings. The number of nitrogens with zero attached hydrogens (tertiary/aromatic N) is 3. The summed E-state index contributed by atoms with van der Waals surface area (Å²) in [5.41, 5.74) is 11.4. The van der Waals surface area contributed by atoms with Crippen molar-refractivity contribution in [2.45, 2.75) is 39.8 Å². The molecular formula is C24H31N5O2. The molecule has 3 aromatic heterocycles. The van der Waals surface area contributed by atoms with E-state index >= 15 is 0 Å². The van der Waals surface area contributed by atoms with Gasteiger partial charge in [0.1, 0.15) is 5.82 Å². The highest BCUT2D eigenvalue weighted by molar-refractivity contribution is 5.95. The number of ether oxygens (including phenoxy) is 1. The van der Waals surface area contributed by atoms with Crippen molar-refractivity contribution in [3.63, 3.8) is 0 Å². The molecule has 0 aliphatic carbocycles. The van der Waals surface area contributed by atoms with Gasteiger partial charge in [0.25, 0.3) is 0 Å². The molecule has 0 amide bonds. The van der Waals surface area contributed by atoms with Gasteiger partial charge in [-0.1, -0.05) is 0 Å². The molecule has 31 heavy (non-hydrogen) atoms. The summed E-state index contributed by atoms with van der Waals surface area (Å²) in [4.78, 5) is 19.7. The lowest BCUT2D eigenvalue weighted by Gasteiger charge is -2.34. The minimum atomic E-state index is -0.286. The highest BCUT2D eigenvalue weighted by atomic mass is 16.5. The average molecular weight is 422 g/mol. The number of nitrogens with one attached hydrogen (secondary N) is 1. The first-order valence-corrected chi connectivity index (χ1v) is 10.9. The Kier molecular flexibility index (Phi) is 5.98. The van der Waals surface area contributed by atoms with Gasteiger partial charge in [-0.3, -0.25) is 4.90 Å². The Bertz CT molecular complexity index is 1080. The zero-order valence-corrected chi connectivity index (χ0v) is 18.7. The van der Waals surface area contributed by atoms with Gasteiger partial charge in [-0.05, 0) is 57.5 Å². The van der Waals surface area contributed by atoms with Crippen molar-refractivity contribution >= 4 is 17.3 Å². The topological polar surface area (TPSA) is 84.9 Å². The van der Waals surface area contributed by atoms with Crippen molar-refractivity contribution in [2.24, 2.45) is 0 Å². The molecule has 1 saturated heterocycles. The molecule has 1 unspecified atom stereocenters. The first kappa shape index (κ1) is 21.3. The number of hydrogen-bond donors (Lipinski definition) is 2. The first-order valence-electron chi connectivity index (χ1n) is 10.9. The summed E-state index contributed by atoms with van der Waals surface area (Å²) >= 11 is 0. The molecule has 0 saturated carbocycles. The van der Waals surface area contributed by atoms with Gasteiger partial charge >= 0.3 is 5.97 Å². The SMILES string of the molecule is Cc1c(C(=O)OC(C)C)cc2c(-c3ccc(N)nc3)ccn2c1C(C)N1CCNCC1. The van der Waals surface area contributed by atoms with Crippen molar-refractivity contribution < 1.29 is 9.53 Å². The molecule has 1 atom stereocenters. The highest BCUT2D eigenvalue weighted by Gasteiger charge is 2.26. The second-order valence-corrected chi connectivity index (χ2v) is 8.44. The maximum absolute atomic E-state index is 13.0. The van der Waals surface area contributed by atoms with E-state index in [0.717, 1.165) is 54.1 Å². The van der Waals surface area contributed by atoms with Crippen molar-refractivity contribution in [3.8, 4) is 11.1 Å². The molecule has 4 heterocycles. The number of anilines is 1. The second kappa shape index (κ2) is 8.69. The van der Waals surface area contributed by atoms with E-state index in [4.69, 9.17) is 10.5 Å². The van der Waals surface area contributed by atoms with Crippen LogP contribution in [0.3, 0.4) is 0 Å². The molecule has 4 rings (SSSR count). The van der Waals surface area contributed by atoms with Crippen molar-refractivity contribution in [1.29, 1.82) is 0 Å². The lowest BCUT2D eigenvalue weighted by molar-refractivity contribution is 0.0376. The molecule has 3 N–H and O–H groups in total. The summed E-state index contributed by atoms with van der Waals surface area (Å²) < 4.78 is 7.79. The number of esters is 1. The Morgan fingerprint density at radius 3 is 2.58 bits per heavy atom. The Labute approximate surface area is 183 Å². The molecule has 1 aliphatic rings. The summed E-state index contributed by atoms with van der Waals surface area (Å²) in [6, 6.07) is 7.93. The van der Waals surface area contributed by atoms with Crippen LogP contribution in [-0.4, -0.2) is 52.5 Å². The number of nitrogen functional groups attached to an aromatic ring is 1. The third-order valence-electron chi connectivity index (χ3n) is 6.01. The van der Waals surface area contributed by atoms with Crippen LogP contribution in [0.4, 0.5) is 5.82 Å². The maximum Gasteiger partial charge on any atom is 0.338 e. The van der Waals surface area contributed by atoms with Crippen LogP contribution in [0.15, 0.2) is 36.7 Å². The fraction of sp³-hybridized carbons (Fsp3) is 0.417. The van der Waals surface area contributed by atoms with Gasteiger partial charge in [-0.25, -0.2) is 9.78 Å². The van der Waals surface area contributed by atoms with Crippen LogP contribution in [-0.2, 0) is 4.74 Å². The molecule has 0 bridgehead atoms. The van der Waals surface area contributed by atoms with Gasteiger partial charge in [0.15, 0.2) is 0 Å². The number of pyridine rings is 2. The molecule has 7 heteroatoms. The third kappa shape index (κ3) is 4.16. The summed E-state index contributed by atoms with van der Waals surface area (Å²) in [6.07, 6.45) is 3.68. The summed E-state index contributed by atoms with van der Waals surface area (Å²) in [5.74, 6) is 0.198. The molecule has 7 nitrogen and oxygen atoms in total. The minimum absolute atomic E-state index is 0.154. The van der Waals surface area contributed by atoms with Gasteiger partial charge in [0.2, 0.25) is 0 Å². The maximum atomic E-state index is 13.0. The smallest absolute Gasteiger partial charge is 0.338 e. The van der Waals surface area contributed by atoms with E-state index in [1.165, 1.54) is 0 Å². The van der Waals surface area contributed by atoms with Crippen molar-refractivity contribution in [1.82, 2.24) is 19.6 Å². The molecule has 0 radical (unpaired) electrons. The van der Waals surface area contributed by atoms with Gasteiger partial charge in [0.05, 0.1) is 17.2 Å². The van der Waals surface area contributed by atoms with Crippen LogP contribution >= 0.6 is 0 Å². The molecule has 0 aromatic carbocycles. The Hall–Kier alpha value is -2.90. The minimum Gasteiger partial charge on any atom is -0.459 e. The molecule has 3 aromatic rings. The fourth-order valence-corrected chi connectivity index (χ4v) is 4.42. The number of nitrogens with two attached hydrogens (primary N) is 1. The quantitative estimate of drug-likeness (QED) is 0.614. The predicted octanol–water partition coefficient (Wildman–Crippen LogP) is 3.42. The number of rotatable bonds is 5. The van der Waals surface area contributed by atoms with E-state index in [2.05, 4.69) is 38.8 Å². The van der Waals surface area contributed by atoms with Crippen LogP contribution in [0.1, 0.15) is 48.4 Å². The second-order valence-electron chi connectivity index (χ2n) is 8.44. The van der Waals surface area contributed by atoms with Gasteiger partial charge in [-0.2, -0.15) is 0 Å². The molecule has 1 aliphatic heterocycles. The Morgan fingerprint density at radius 2 is 1.94 bits per heavy atom. The van der Waals surface area contributed by atoms with E-state index in [1.54, 1.807) is 12.3 Å². The zero-order valence-electron chi connectivity index (χ0n) is 18.7. The van der Waals surface area contributed by atoms with Crippen LogP contribution in [0.25, 0.3) is 16.6 Å². The third-order valence-corrected chi connectivity index (χ3v) is 6.01. The Morgan fingerprint density at radius 1 is 1.19 bits per heavy atom. The van der Waals surface area contributed by atoms with E-state index < -0.39 is 0 Å². The number of aromatic nitrogens is 2. The molecule has 0 spiro atoms. The molecule has 164 valence electrons. The summed E-state index contributed by atoms with van der Waals surface area (Å²) in [6.45, 7) is 11.9. The number of hydrogen-bond acceptors (Lipinski definition) is 6. The van der Waals surface area contributed by atoms with Crippen LogP contribution in [0.2, 0.25) is 0 Å². The van der Waals surface area contributed by atoms with E-state index in [0.29, 0.717) is 11.4 Å². The number of carbonyl (C=O) groups excluding carboxylic acids is 1.